The van der Waals surface area contributed by atoms with E-state index in [1.807, 2.05) is 0 Å². The van der Waals surface area contributed by atoms with Crippen LogP contribution in [0.5, 0.6) is 0 Å². The maximum Gasteiger partial charge on any atom is 0.335 e. The Morgan fingerprint density at radius 3 is 1.93 bits per heavy atom. The van der Waals surface area contributed by atoms with Crippen LogP contribution in [0, 0.1) is 5.92 Å². The number of carbonyl (C=O) groups is 4. The van der Waals surface area contributed by atoms with Crippen molar-refractivity contribution in [3.8, 4) is 0 Å². The van der Waals surface area contributed by atoms with Crippen LogP contribution in [-0.4, -0.2) is 51.7 Å². The number of rotatable bonds is 6. The van der Waals surface area contributed by atoms with E-state index in [0.29, 0.717) is 11.1 Å². The molecular weight excluding hydrogens is 372 g/mol. The van der Waals surface area contributed by atoms with Gasteiger partial charge in [-0.3, -0.25) is 19.3 Å². The van der Waals surface area contributed by atoms with E-state index in [-0.39, 0.29) is 23.9 Å². The van der Waals surface area contributed by atoms with E-state index in [1.165, 1.54) is 17.0 Å². The lowest BCUT2D eigenvalue weighted by atomic mass is 10.0. The first-order chi connectivity index (χ1) is 13.7. The lowest BCUT2D eigenvalue weighted by molar-refractivity contribution is -0.136. The Morgan fingerprint density at radius 2 is 1.48 bits per heavy atom. The molecule has 1 aliphatic rings. The van der Waals surface area contributed by atoms with E-state index >= 15 is 0 Å². The highest BCUT2D eigenvalue weighted by Crippen LogP contribution is 2.28. The monoisotopic (exact) mass is 394 g/mol. The molecule has 29 heavy (non-hydrogen) atoms. The van der Waals surface area contributed by atoms with Crippen LogP contribution < -0.4 is 0 Å². The number of imide groups is 1. The van der Waals surface area contributed by atoms with E-state index in [0.717, 1.165) is 10.5 Å². The first kappa shape index (κ1) is 20.3. The number of aromatic carboxylic acids is 1. The Balaban J connectivity index is 1.82. The highest BCUT2D eigenvalue weighted by molar-refractivity contribution is 6.22. The topological polar surface area (TPSA) is 95.0 Å². The fourth-order valence-corrected chi connectivity index (χ4v) is 3.48. The van der Waals surface area contributed by atoms with Crippen molar-refractivity contribution in [2.45, 2.75) is 26.4 Å². The second-order valence-electron chi connectivity index (χ2n) is 7.41. The molecule has 1 aliphatic heterocycles. The molecule has 2 aromatic rings. The summed E-state index contributed by atoms with van der Waals surface area (Å²) in [6.07, 6.45) is 0. The van der Waals surface area contributed by atoms with Crippen molar-refractivity contribution in [3.05, 3.63) is 70.8 Å². The number of hydrogen-bond acceptors (Lipinski definition) is 4. The normalized spacial score (nSPS) is 14.1. The van der Waals surface area contributed by atoms with Gasteiger partial charge in [0, 0.05) is 13.6 Å². The van der Waals surface area contributed by atoms with Gasteiger partial charge in [0.2, 0.25) is 5.91 Å². The number of benzene rings is 2. The van der Waals surface area contributed by atoms with Gasteiger partial charge < -0.3 is 10.0 Å². The minimum Gasteiger partial charge on any atom is -0.478 e. The van der Waals surface area contributed by atoms with Gasteiger partial charge in [0.05, 0.1) is 16.7 Å². The summed E-state index contributed by atoms with van der Waals surface area (Å²) < 4.78 is 0. The Morgan fingerprint density at radius 1 is 0.966 bits per heavy atom. The van der Waals surface area contributed by atoms with Crippen LogP contribution in [0.3, 0.4) is 0 Å². The highest BCUT2D eigenvalue weighted by Gasteiger charge is 2.44. The van der Waals surface area contributed by atoms with Crippen molar-refractivity contribution in [2.75, 3.05) is 7.05 Å². The molecule has 1 heterocycles. The van der Waals surface area contributed by atoms with Crippen molar-refractivity contribution >= 4 is 23.7 Å². The number of likely N-dealkylation sites (N-methyl/N-ethyl adjacent to an activating group) is 1. The van der Waals surface area contributed by atoms with Gasteiger partial charge in [-0.1, -0.05) is 38.1 Å². The molecule has 2 aromatic carbocycles. The number of amides is 3. The van der Waals surface area contributed by atoms with E-state index in [4.69, 9.17) is 5.11 Å². The lowest BCUT2D eigenvalue weighted by Gasteiger charge is -2.32. The molecule has 0 fully saturated rings. The number of fused-ring (bicyclic) bond motifs is 1. The molecular formula is C22H22N2O5. The zero-order valence-corrected chi connectivity index (χ0v) is 16.5. The smallest absolute Gasteiger partial charge is 0.335 e. The van der Waals surface area contributed by atoms with Gasteiger partial charge in [-0.25, -0.2) is 4.79 Å². The molecule has 1 N–H and O–H groups in total. The van der Waals surface area contributed by atoms with Crippen molar-refractivity contribution < 1.29 is 24.3 Å². The predicted octanol–water partition coefficient (Wildman–Crippen LogP) is 2.66. The van der Waals surface area contributed by atoms with Gasteiger partial charge in [0.25, 0.3) is 11.8 Å². The lowest BCUT2D eigenvalue weighted by Crippen LogP contribution is -2.52. The van der Waals surface area contributed by atoms with Crippen LogP contribution in [0.15, 0.2) is 48.5 Å². The SMILES string of the molecule is CC(C)C(C(=O)N(C)Cc1ccc(C(=O)O)cc1)N1C(=O)c2ccccc2C1=O. The number of carbonyl (C=O) groups excluding carboxylic acids is 3. The third-order valence-electron chi connectivity index (χ3n) is 4.98. The second-order valence-corrected chi connectivity index (χ2v) is 7.41. The summed E-state index contributed by atoms with van der Waals surface area (Å²) in [4.78, 5) is 52.3. The average Bonchev–Trinajstić information content (AvgIpc) is 2.94. The fraction of sp³-hybridized carbons (Fsp3) is 0.273. The van der Waals surface area contributed by atoms with Crippen LogP contribution in [0.1, 0.15) is 50.5 Å². The first-order valence-electron chi connectivity index (χ1n) is 9.26. The van der Waals surface area contributed by atoms with Crippen molar-refractivity contribution in [1.29, 1.82) is 0 Å². The molecule has 7 heteroatoms. The van der Waals surface area contributed by atoms with Gasteiger partial charge in [-0.15, -0.1) is 0 Å². The maximum atomic E-state index is 13.2. The summed E-state index contributed by atoms with van der Waals surface area (Å²) >= 11 is 0. The zero-order valence-electron chi connectivity index (χ0n) is 16.5. The van der Waals surface area contributed by atoms with E-state index in [2.05, 4.69) is 0 Å². The first-order valence-corrected chi connectivity index (χ1v) is 9.26. The minimum atomic E-state index is -1.02. The molecule has 0 saturated carbocycles. The van der Waals surface area contributed by atoms with Gasteiger partial charge in [0.15, 0.2) is 0 Å². The van der Waals surface area contributed by atoms with E-state index < -0.39 is 23.8 Å². The van der Waals surface area contributed by atoms with Crippen LogP contribution in [0.25, 0.3) is 0 Å². The quantitative estimate of drug-likeness (QED) is 0.760. The third kappa shape index (κ3) is 3.76. The number of hydrogen-bond donors (Lipinski definition) is 1. The average molecular weight is 394 g/mol. The van der Waals surface area contributed by atoms with Gasteiger partial charge in [-0.2, -0.15) is 0 Å². The Kier molecular flexibility index (Phi) is 5.50. The summed E-state index contributed by atoms with van der Waals surface area (Å²) in [5, 5.41) is 8.99. The Labute approximate surface area is 168 Å². The standard InChI is InChI=1S/C22H22N2O5/c1-13(2)18(24-19(25)16-6-4-5-7-17(16)20(24)26)21(27)23(3)12-14-8-10-15(11-9-14)22(28)29/h4-11,13,18H,12H2,1-3H3,(H,28,29). The second kappa shape index (κ2) is 7.87. The van der Waals surface area contributed by atoms with Crippen LogP contribution in [0.4, 0.5) is 0 Å². The number of carboxylic acid groups (broad SMARTS) is 1. The van der Waals surface area contributed by atoms with Crippen LogP contribution in [-0.2, 0) is 11.3 Å². The highest BCUT2D eigenvalue weighted by atomic mass is 16.4. The van der Waals surface area contributed by atoms with Gasteiger partial charge >= 0.3 is 5.97 Å². The molecule has 0 spiro atoms. The molecule has 0 aliphatic carbocycles. The summed E-state index contributed by atoms with van der Waals surface area (Å²) in [6, 6.07) is 11.8. The van der Waals surface area contributed by atoms with E-state index in [9.17, 15) is 19.2 Å². The van der Waals surface area contributed by atoms with Crippen LogP contribution >= 0.6 is 0 Å². The molecule has 3 rings (SSSR count). The Hall–Kier alpha value is -3.48. The molecule has 1 atom stereocenters. The van der Waals surface area contributed by atoms with E-state index in [1.54, 1.807) is 57.3 Å². The number of nitrogens with zero attached hydrogens (tertiary/aromatic N) is 2. The van der Waals surface area contributed by atoms with Crippen molar-refractivity contribution in [3.63, 3.8) is 0 Å². The Bertz CT molecular complexity index is 946. The summed E-state index contributed by atoms with van der Waals surface area (Å²) in [5.41, 5.74) is 1.52. The predicted molar refractivity (Wildman–Crippen MR) is 105 cm³/mol. The third-order valence-corrected chi connectivity index (χ3v) is 4.98. The fourth-order valence-electron chi connectivity index (χ4n) is 3.48. The number of carboxylic acids is 1. The largest absolute Gasteiger partial charge is 0.478 e. The molecule has 0 bridgehead atoms. The molecule has 3 amide bonds. The summed E-state index contributed by atoms with van der Waals surface area (Å²) in [5.74, 6) is -2.57. The maximum absolute atomic E-state index is 13.2. The summed E-state index contributed by atoms with van der Waals surface area (Å²) in [7, 11) is 1.60. The van der Waals surface area contributed by atoms with Crippen LogP contribution in [0.2, 0.25) is 0 Å². The molecule has 7 nitrogen and oxygen atoms in total. The summed E-state index contributed by atoms with van der Waals surface area (Å²) in [6.45, 7) is 3.81. The minimum absolute atomic E-state index is 0.161. The van der Waals surface area contributed by atoms with Gasteiger partial charge in [0.1, 0.15) is 6.04 Å². The molecule has 1 unspecified atom stereocenters. The van der Waals surface area contributed by atoms with Crippen molar-refractivity contribution in [1.82, 2.24) is 9.80 Å². The van der Waals surface area contributed by atoms with Gasteiger partial charge in [-0.05, 0) is 35.7 Å². The molecule has 0 radical (unpaired) electrons. The molecule has 0 aromatic heterocycles. The molecule has 0 saturated heterocycles. The van der Waals surface area contributed by atoms with Crippen molar-refractivity contribution in [2.24, 2.45) is 5.92 Å². The zero-order chi connectivity index (χ0) is 21.3. The molecule has 150 valence electrons.